The number of nitrogens with one attached hydrogen (secondary N) is 2. The van der Waals surface area contributed by atoms with E-state index in [1.807, 2.05) is 0 Å². The maximum absolute atomic E-state index is 11.6. The van der Waals surface area contributed by atoms with Crippen LogP contribution in [0.1, 0.15) is 18.4 Å². The summed E-state index contributed by atoms with van der Waals surface area (Å²) >= 11 is 0. The number of phenolic OH excluding ortho intramolecular Hbond substituents is 1. The Hall–Kier alpha value is -1.75. The Morgan fingerprint density at radius 2 is 2.39 bits per heavy atom. The van der Waals surface area contributed by atoms with Gasteiger partial charge in [-0.05, 0) is 31.0 Å². The maximum Gasteiger partial charge on any atom is 0.237 e. The molecule has 18 heavy (non-hydrogen) atoms. The van der Waals surface area contributed by atoms with Gasteiger partial charge in [0.15, 0.2) is 0 Å². The minimum atomic E-state index is -0.177. The maximum atomic E-state index is 11.6. The SMILES string of the molecule is COc1ccc(O)c(CNC2CCCNC2=O)c1. The van der Waals surface area contributed by atoms with Crippen molar-refractivity contribution in [2.45, 2.75) is 25.4 Å². The lowest BCUT2D eigenvalue weighted by Gasteiger charge is -2.23. The van der Waals surface area contributed by atoms with Crippen LogP contribution in [0.4, 0.5) is 0 Å². The second kappa shape index (κ2) is 5.73. The average molecular weight is 250 g/mol. The minimum Gasteiger partial charge on any atom is -0.508 e. The highest BCUT2D eigenvalue weighted by atomic mass is 16.5. The standard InChI is InChI=1S/C13H18N2O3/c1-18-10-4-5-12(16)9(7-10)8-15-11-3-2-6-14-13(11)17/h4-5,7,11,15-16H,2-3,6,8H2,1H3,(H,14,17). The number of rotatable bonds is 4. The summed E-state index contributed by atoms with van der Waals surface area (Å²) in [5.74, 6) is 0.931. The smallest absolute Gasteiger partial charge is 0.237 e. The largest absolute Gasteiger partial charge is 0.508 e. The van der Waals surface area contributed by atoms with E-state index in [1.165, 1.54) is 0 Å². The van der Waals surface area contributed by atoms with E-state index in [4.69, 9.17) is 4.74 Å². The molecule has 1 saturated heterocycles. The van der Waals surface area contributed by atoms with Crippen LogP contribution in [-0.4, -0.2) is 30.7 Å². The Kier molecular flexibility index (Phi) is 4.04. The fourth-order valence-electron chi connectivity index (χ4n) is 2.03. The van der Waals surface area contributed by atoms with Crippen LogP contribution < -0.4 is 15.4 Å². The van der Waals surface area contributed by atoms with Crippen molar-refractivity contribution < 1.29 is 14.6 Å². The lowest BCUT2D eigenvalue weighted by molar-refractivity contribution is -0.124. The number of hydrogen-bond acceptors (Lipinski definition) is 4. The molecule has 5 nitrogen and oxygen atoms in total. The van der Waals surface area contributed by atoms with E-state index in [1.54, 1.807) is 25.3 Å². The van der Waals surface area contributed by atoms with Gasteiger partial charge in [-0.1, -0.05) is 0 Å². The van der Waals surface area contributed by atoms with Gasteiger partial charge in [0.2, 0.25) is 5.91 Å². The summed E-state index contributed by atoms with van der Waals surface area (Å²) in [6, 6.07) is 4.88. The van der Waals surface area contributed by atoms with Crippen molar-refractivity contribution in [3.05, 3.63) is 23.8 Å². The molecule has 0 radical (unpaired) electrons. The Labute approximate surface area is 106 Å². The van der Waals surface area contributed by atoms with E-state index in [2.05, 4.69) is 10.6 Å². The molecule has 5 heteroatoms. The van der Waals surface area contributed by atoms with E-state index in [0.29, 0.717) is 12.3 Å². The first-order valence-corrected chi connectivity index (χ1v) is 6.07. The van der Waals surface area contributed by atoms with Crippen LogP contribution in [0.15, 0.2) is 18.2 Å². The third kappa shape index (κ3) is 2.92. The minimum absolute atomic E-state index is 0.0311. The summed E-state index contributed by atoms with van der Waals surface area (Å²) < 4.78 is 5.10. The predicted octanol–water partition coefficient (Wildman–Crippen LogP) is 0.769. The highest BCUT2D eigenvalue weighted by Crippen LogP contribution is 2.22. The number of phenols is 1. The lowest BCUT2D eigenvalue weighted by atomic mass is 10.1. The van der Waals surface area contributed by atoms with Gasteiger partial charge in [-0.2, -0.15) is 0 Å². The van der Waals surface area contributed by atoms with Crippen LogP contribution >= 0.6 is 0 Å². The molecule has 3 N–H and O–H groups in total. The molecule has 0 saturated carbocycles. The average Bonchev–Trinajstić information content (AvgIpc) is 2.39. The number of benzene rings is 1. The van der Waals surface area contributed by atoms with Gasteiger partial charge in [0.25, 0.3) is 0 Å². The number of hydrogen-bond donors (Lipinski definition) is 3. The molecule has 1 aromatic carbocycles. The van der Waals surface area contributed by atoms with E-state index in [9.17, 15) is 9.90 Å². The van der Waals surface area contributed by atoms with Crippen molar-refractivity contribution in [3.63, 3.8) is 0 Å². The van der Waals surface area contributed by atoms with Gasteiger partial charge >= 0.3 is 0 Å². The number of carbonyl (C=O) groups excluding carboxylic acids is 1. The fraction of sp³-hybridized carbons (Fsp3) is 0.462. The van der Waals surface area contributed by atoms with Crippen molar-refractivity contribution in [2.75, 3.05) is 13.7 Å². The Morgan fingerprint density at radius 1 is 1.56 bits per heavy atom. The van der Waals surface area contributed by atoms with Gasteiger partial charge in [0.1, 0.15) is 11.5 Å². The van der Waals surface area contributed by atoms with E-state index >= 15 is 0 Å². The number of methoxy groups -OCH3 is 1. The Morgan fingerprint density at radius 3 is 3.11 bits per heavy atom. The van der Waals surface area contributed by atoms with Crippen LogP contribution in [0.2, 0.25) is 0 Å². The first-order valence-electron chi connectivity index (χ1n) is 6.07. The number of ether oxygens (including phenoxy) is 1. The van der Waals surface area contributed by atoms with Crippen LogP contribution in [0.25, 0.3) is 0 Å². The molecule has 2 rings (SSSR count). The number of amides is 1. The normalized spacial score (nSPS) is 19.4. The van der Waals surface area contributed by atoms with Gasteiger partial charge in [-0.3, -0.25) is 4.79 Å². The predicted molar refractivity (Wildman–Crippen MR) is 67.5 cm³/mol. The molecule has 0 aliphatic carbocycles. The first-order chi connectivity index (χ1) is 8.70. The summed E-state index contributed by atoms with van der Waals surface area (Å²) in [5, 5.41) is 15.7. The molecule has 1 aliphatic rings. The number of carbonyl (C=O) groups is 1. The molecule has 1 unspecified atom stereocenters. The Bertz CT molecular complexity index is 434. The quantitative estimate of drug-likeness (QED) is 0.738. The summed E-state index contributed by atoms with van der Waals surface area (Å²) in [4.78, 5) is 11.6. The second-order valence-electron chi connectivity index (χ2n) is 4.36. The zero-order valence-electron chi connectivity index (χ0n) is 10.4. The zero-order valence-corrected chi connectivity index (χ0v) is 10.4. The molecular formula is C13H18N2O3. The van der Waals surface area contributed by atoms with Crippen LogP contribution in [-0.2, 0) is 11.3 Å². The highest BCUT2D eigenvalue weighted by Gasteiger charge is 2.21. The molecule has 1 aromatic rings. The number of piperidine rings is 1. The number of aromatic hydroxyl groups is 1. The van der Waals surface area contributed by atoms with E-state index in [0.717, 1.165) is 24.9 Å². The summed E-state index contributed by atoms with van der Waals surface area (Å²) in [7, 11) is 1.58. The molecule has 0 bridgehead atoms. The fourth-order valence-corrected chi connectivity index (χ4v) is 2.03. The van der Waals surface area contributed by atoms with Crippen LogP contribution in [0.5, 0.6) is 11.5 Å². The van der Waals surface area contributed by atoms with Crippen molar-refractivity contribution in [1.29, 1.82) is 0 Å². The molecule has 1 aliphatic heterocycles. The molecule has 0 spiro atoms. The third-order valence-corrected chi connectivity index (χ3v) is 3.11. The van der Waals surface area contributed by atoms with Gasteiger partial charge < -0.3 is 20.5 Å². The molecule has 1 atom stereocenters. The topological polar surface area (TPSA) is 70.6 Å². The second-order valence-corrected chi connectivity index (χ2v) is 4.36. The molecule has 1 amide bonds. The highest BCUT2D eigenvalue weighted by molar-refractivity contribution is 5.82. The van der Waals surface area contributed by atoms with Gasteiger partial charge in [0.05, 0.1) is 13.2 Å². The van der Waals surface area contributed by atoms with Gasteiger partial charge in [-0.15, -0.1) is 0 Å². The van der Waals surface area contributed by atoms with E-state index < -0.39 is 0 Å². The molecule has 1 fully saturated rings. The van der Waals surface area contributed by atoms with Crippen molar-refractivity contribution >= 4 is 5.91 Å². The van der Waals surface area contributed by atoms with Crippen molar-refractivity contribution in [1.82, 2.24) is 10.6 Å². The van der Waals surface area contributed by atoms with E-state index in [-0.39, 0.29) is 17.7 Å². The van der Waals surface area contributed by atoms with Crippen LogP contribution in [0, 0.1) is 0 Å². The molecule has 98 valence electrons. The third-order valence-electron chi connectivity index (χ3n) is 3.11. The van der Waals surface area contributed by atoms with Crippen molar-refractivity contribution in [3.8, 4) is 11.5 Å². The molecular weight excluding hydrogens is 232 g/mol. The lowest BCUT2D eigenvalue weighted by Crippen LogP contribution is -2.47. The summed E-state index contributed by atoms with van der Waals surface area (Å²) in [5.41, 5.74) is 0.729. The van der Waals surface area contributed by atoms with Gasteiger partial charge in [0, 0.05) is 18.7 Å². The van der Waals surface area contributed by atoms with Crippen molar-refractivity contribution in [2.24, 2.45) is 0 Å². The van der Waals surface area contributed by atoms with Crippen LogP contribution in [0.3, 0.4) is 0 Å². The molecule has 0 aromatic heterocycles. The molecule has 1 heterocycles. The zero-order chi connectivity index (χ0) is 13.0. The monoisotopic (exact) mass is 250 g/mol. The summed E-state index contributed by atoms with van der Waals surface area (Å²) in [6.07, 6.45) is 1.81. The van der Waals surface area contributed by atoms with Gasteiger partial charge in [-0.25, -0.2) is 0 Å². The Balaban J connectivity index is 1.98. The summed E-state index contributed by atoms with van der Waals surface area (Å²) in [6.45, 7) is 1.20. The first kappa shape index (κ1) is 12.7.